The Morgan fingerprint density at radius 2 is 0.966 bits per heavy atom. The van der Waals surface area contributed by atoms with E-state index in [0.717, 1.165) is 12.8 Å². The van der Waals surface area contributed by atoms with E-state index < -0.39 is 16.5 Å². The summed E-state index contributed by atoms with van der Waals surface area (Å²) in [6.07, 6.45) is 23.7. The molecule has 2 aliphatic carbocycles. The molecule has 4 aliphatic rings. The van der Waals surface area contributed by atoms with Crippen molar-refractivity contribution in [2.45, 2.75) is 64.7 Å². The Morgan fingerprint density at radius 3 is 1.21 bits per heavy atom. The number of hydrogen-bond acceptors (Lipinski definition) is 2. The van der Waals surface area contributed by atoms with E-state index in [4.69, 9.17) is 0 Å². The molecule has 0 amide bonds. The first kappa shape index (κ1) is 29.8. The van der Waals surface area contributed by atoms with Gasteiger partial charge in [-0.1, -0.05) is 26.2 Å². The van der Waals surface area contributed by atoms with Crippen molar-refractivity contribution in [2.24, 2.45) is 0 Å². The van der Waals surface area contributed by atoms with Gasteiger partial charge < -0.3 is 33.9 Å². The third kappa shape index (κ3) is 7.41. The van der Waals surface area contributed by atoms with E-state index in [1.54, 1.807) is 0 Å². The number of nitrogens with zero attached hydrogens (tertiary/aromatic N) is 2. The smallest absolute Gasteiger partial charge is 1.00 e. The van der Waals surface area contributed by atoms with E-state index in [-0.39, 0.29) is 51.0 Å². The van der Waals surface area contributed by atoms with Crippen LogP contribution in [-0.4, -0.2) is 51.8 Å². The average Bonchev–Trinajstić information content (AvgIpc) is 3.47. The van der Waals surface area contributed by atoms with E-state index in [0.29, 0.717) is 0 Å². The van der Waals surface area contributed by atoms with Gasteiger partial charge in [0.05, 0.1) is 0 Å². The quantitative estimate of drug-likeness (QED) is 0.331. The molecule has 0 spiro atoms. The molecule has 2 heterocycles. The zero-order valence-corrected chi connectivity index (χ0v) is 24.5. The predicted octanol–water partition coefficient (Wildman–Crippen LogP) is -0.963. The molecule has 4 rings (SSSR count). The van der Waals surface area contributed by atoms with Gasteiger partial charge >= 0.3 is 26.2 Å². The first-order chi connectivity index (χ1) is 12.4. The molecular weight excluding hydrogens is 511 g/mol. The summed E-state index contributed by atoms with van der Waals surface area (Å²) < 4.78 is 5.43. The van der Waals surface area contributed by atoms with Gasteiger partial charge in [0.1, 0.15) is 16.5 Å². The Balaban J connectivity index is 0.000000490. The van der Waals surface area contributed by atoms with Gasteiger partial charge in [-0.05, 0) is 51.9 Å². The van der Waals surface area contributed by atoms with Crippen LogP contribution in [0.5, 0.6) is 0 Å². The topological polar surface area (TPSA) is 6.48 Å². The molecule has 0 bridgehead atoms. The van der Waals surface area contributed by atoms with Gasteiger partial charge in [-0.3, -0.25) is 12.2 Å². The van der Waals surface area contributed by atoms with Crippen molar-refractivity contribution in [3.05, 3.63) is 46.8 Å². The maximum atomic E-state index is 3.50. The van der Waals surface area contributed by atoms with Crippen molar-refractivity contribution in [1.82, 2.24) is 9.13 Å². The Morgan fingerprint density at radius 1 is 0.655 bits per heavy atom. The third-order valence-corrected chi connectivity index (χ3v) is 13.9. The summed E-state index contributed by atoms with van der Waals surface area (Å²) in [7, 11) is -2.57. The summed E-state index contributed by atoms with van der Waals surface area (Å²) in [5.41, 5.74) is 0. The van der Waals surface area contributed by atoms with Gasteiger partial charge in [-0.2, -0.15) is 12.2 Å². The first-order valence-corrected chi connectivity index (χ1v) is 16.4. The zero-order chi connectivity index (χ0) is 18.6. The van der Waals surface area contributed by atoms with Crippen LogP contribution in [0, 0.1) is 12.2 Å². The van der Waals surface area contributed by atoms with Gasteiger partial charge in [0, 0.05) is 0 Å². The molecule has 0 aromatic rings. The molecule has 2 fully saturated rings. The maximum absolute atomic E-state index is 3.50. The summed E-state index contributed by atoms with van der Waals surface area (Å²) in [6, 6.07) is 0. The van der Waals surface area contributed by atoms with Crippen molar-refractivity contribution >= 4 is 16.5 Å². The van der Waals surface area contributed by atoms with E-state index >= 15 is 0 Å². The Kier molecular flexibility index (Phi) is 13.7. The predicted molar refractivity (Wildman–Crippen MR) is 118 cm³/mol. The van der Waals surface area contributed by atoms with Gasteiger partial charge in [-0.25, -0.2) is 22.5 Å². The maximum Gasteiger partial charge on any atom is 4.00 e. The monoisotopic (exact) mass is 544 g/mol. The summed E-state index contributed by atoms with van der Waals surface area (Å²) in [4.78, 5) is 0. The summed E-state index contributed by atoms with van der Waals surface area (Å²) in [5, 5.41) is 3.05. The molecule has 0 aromatic carbocycles. The standard InChI is InChI=1S/2C11H18NSi.2ClH.Zr/c2*1-13(2,11-7-3-4-8-11)12-9-5-6-10-12;;;/h2*3,7H,4-6,9-10H2,1-2H3;2*1H;/q2*-1;;;+4/p-2. The first-order valence-electron chi connectivity index (χ1n) is 10.5. The molecule has 0 aromatic heterocycles. The van der Waals surface area contributed by atoms with Crippen LogP contribution < -0.4 is 24.8 Å². The molecule has 2 saturated heterocycles. The van der Waals surface area contributed by atoms with Crippen molar-refractivity contribution < 1.29 is 51.0 Å². The normalized spacial score (nSPS) is 21.5. The van der Waals surface area contributed by atoms with Crippen LogP contribution in [0.4, 0.5) is 0 Å². The molecule has 0 atom stereocenters. The zero-order valence-electron chi connectivity index (χ0n) is 18.5. The van der Waals surface area contributed by atoms with E-state index in [1.165, 1.54) is 62.3 Å². The number of allylic oxidation sites excluding steroid dienone is 8. The number of hydrogen-bond donors (Lipinski definition) is 0. The van der Waals surface area contributed by atoms with Crippen LogP contribution in [0.3, 0.4) is 0 Å². The van der Waals surface area contributed by atoms with Gasteiger partial charge in [0.15, 0.2) is 0 Å². The minimum atomic E-state index is -1.29. The molecule has 0 N–H and O–H groups in total. The van der Waals surface area contributed by atoms with E-state index in [1.807, 2.05) is 0 Å². The third-order valence-electron chi connectivity index (χ3n) is 6.50. The average molecular weight is 547 g/mol. The fourth-order valence-corrected chi connectivity index (χ4v) is 10.2. The minimum Gasteiger partial charge on any atom is -1.00 e. The van der Waals surface area contributed by atoms with E-state index in [9.17, 15) is 0 Å². The molecule has 2 nitrogen and oxygen atoms in total. The molecule has 7 heteroatoms. The van der Waals surface area contributed by atoms with Crippen molar-refractivity contribution in [3.8, 4) is 0 Å². The number of rotatable bonds is 4. The second-order valence-electron chi connectivity index (χ2n) is 8.90. The van der Waals surface area contributed by atoms with Crippen LogP contribution in [0.25, 0.3) is 0 Å². The molecule has 29 heavy (non-hydrogen) atoms. The van der Waals surface area contributed by atoms with Crippen molar-refractivity contribution in [3.63, 3.8) is 0 Å². The largest absolute Gasteiger partial charge is 4.00 e. The molecular formula is C22H36Cl2N2Si2Zr. The summed E-state index contributed by atoms with van der Waals surface area (Å²) in [5.74, 6) is 0. The van der Waals surface area contributed by atoms with Crippen LogP contribution in [0.2, 0.25) is 26.2 Å². The molecule has 2 aliphatic heterocycles. The van der Waals surface area contributed by atoms with Crippen LogP contribution in [-0.2, 0) is 26.2 Å². The summed E-state index contributed by atoms with van der Waals surface area (Å²) >= 11 is 0. The fraction of sp³-hybridized carbons (Fsp3) is 0.636. The van der Waals surface area contributed by atoms with Gasteiger partial charge in [0.25, 0.3) is 0 Å². The van der Waals surface area contributed by atoms with Crippen molar-refractivity contribution in [1.29, 1.82) is 0 Å². The second-order valence-corrected chi connectivity index (χ2v) is 17.5. The minimum absolute atomic E-state index is 0. The van der Waals surface area contributed by atoms with E-state index in [2.05, 4.69) is 71.8 Å². The Hall–Kier alpha value is 0.777. The molecule has 0 unspecified atom stereocenters. The fourth-order valence-electron chi connectivity index (χ4n) is 4.54. The van der Waals surface area contributed by atoms with Crippen molar-refractivity contribution in [2.75, 3.05) is 26.2 Å². The Bertz CT molecular complexity index is 564. The van der Waals surface area contributed by atoms with Crippen LogP contribution in [0.15, 0.2) is 34.7 Å². The van der Waals surface area contributed by atoms with Gasteiger partial charge in [0.2, 0.25) is 0 Å². The van der Waals surface area contributed by atoms with Gasteiger partial charge in [-0.15, -0.1) is 12.8 Å². The number of halogens is 2. The van der Waals surface area contributed by atoms with Crippen LogP contribution in [0.1, 0.15) is 38.5 Å². The Labute approximate surface area is 213 Å². The molecule has 0 radical (unpaired) electrons. The molecule has 160 valence electrons. The SMILES string of the molecule is C[Si](C)(C1=[C-]CC=C1)N1CCCC1.C[Si](C)(C1=[C-]CC=C1)N1CCCC1.[Cl-].[Cl-].[Zr+4]. The summed E-state index contributed by atoms with van der Waals surface area (Å²) in [6.45, 7) is 15.1. The molecule has 0 saturated carbocycles. The van der Waals surface area contributed by atoms with Crippen LogP contribution >= 0.6 is 0 Å². The second kappa shape index (κ2) is 13.4.